The molecule has 1 atom stereocenters. The molecule has 18 heavy (non-hydrogen) atoms. The van der Waals surface area contributed by atoms with E-state index in [-0.39, 0.29) is 12.5 Å². The summed E-state index contributed by atoms with van der Waals surface area (Å²) in [6.07, 6.45) is 4.28. The second kappa shape index (κ2) is 7.90. The first-order chi connectivity index (χ1) is 8.61. The number of amides is 1. The van der Waals surface area contributed by atoms with Gasteiger partial charge in [-0.15, -0.1) is 0 Å². The number of hydrogen-bond donors (Lipinski definition) is 2. The Bertz CT molecular complexity index is 401. The first-order valence-electron chi connectivity index (χ1n) is 6.01. The average molecular weight is 268 g/mol. The monoisotopic (exact) mass is 267 g/mol. The predicted molar refractivity (Wildman–Crippen MR) is 74.4 cm³/mol. The van der Waals surface area contributed by atoms with Crippen molar-refractivity contribution in [2.24, 2.45) is 0 Å². The molecule has 3 nitrogen and oxygen atoms in total. The van der Waals surface area contributed by atoms with Gasteiger partial charge in [-0.2, -0.15) is 0 Å². The molecule has 0 aromatic heterocycles. The molecular formula is C14H18ClNO2. The number of hydrogen-bond acceptors (Lipinski definition) is 2. The zero-order valence-electron chi connectivity index (χ0n) is 10.4. The number of aliphatic hydroxyl groups is 1. The van der Waals surface area contributed by atoms with Gasteiger partial charge in [0.25, 0.3) is 0 Å². The van der Waals surface area contributed by atoms with Crippen LogP contribution in [0.2, 0.25) is 5.02 Å². The molecule has 98 valence electrons. The second-order valence-corrected chi connectivity index (χ2v) is 4.51. The minimum atomic E-state index is -0.470. The summed E-state index contributed by atoms with van der Waals surface area (Å²) in [5, 5.41) is 12.8. The number of carbonyl (C=O) groups excluding carboxylic acids is 1. The molecule has 1 aromatic carbocycles. The smallest absolute Gasteiger partial charge is 0.244 e. The van der Waals surface area contributed by atoms with Crippen molar-refractivity contribution < 1.29 is 9.90 Å². The van der Waals surface area contributed by atoms with Gasteiger partial charge in [-0.1, -0.05) is 37.1 Å². The average Bonchev–Trinajstić information content (AvgIpc) is 2.36. The van der Waals surface area contributed by atoms with Crippen LogP contribution in [0.5, 0.6) is 0 Å². The highest BCUT2D eigenvalue weighted by Gasteiger charge is 2.03. The van der Waals surface area contributed by atoms with E-state index in [1.54, 1.807) is 18.2 Å². The van der Waals surface area contributed by atoms with Gasteiger partial charge in [0.2, 0.25) is 5.91 Å². The maximum absolute atomic E-state index is 11.5. The Hall–Kier alpha value is -1.32. The topological polar surface area (TPSA) is 49.3 Å². The molecule has 0 bridgehead atoms. The van der Waals surface area contributed by atoms with Crippen LogP contribution in [0.4, 0.5) is 0 Å². The van der Waals surface area contributed by atoms with Gasteiger partial charge in [0.1, 0.15) is 0 Å². The fourth-order valence-electron chi connectivity index (χ4n) is 1.46. The second-order valence-electron chi connectivity index (χ2n) is 4.07. The highest BCUT2D eigenvalue weighted by atomic mass is 35.5. The molecule has 0 spiro atoms. The number of carbonyl (C=O) groups is 1. The number of rotatable bonds is 6. The van der Waals surface area contributed by atoms with Crippen LogP contribution in [0.3, 0.4) is 0 Å². The van der Waals surface area contributed by atoms with Crippen molar-refractivity contribution in [2.75, 3.05) is 6.54 Å². The highest BCUT2D eigenvalue weighted by Crippen LogP contribution is 2.10. The van der Waals surface area contributed by atoms with E-state index in [1.807, 2.05) is 19.1 Å². The molecule has 1 unspecified atom stereocenters. The minimum absolute atomic E-state index is 0.208. The van der Waals surface area contributed by atoms with Gasteiger partial charge in [-0.05, 0) is 30.2 Å². The van der Waals surface area contributed by atoms with E-state index >= 15 is 0 Å². The lowest BCUT2D eigenvalue weighted by molar-refractivity contribution is -0.116. The van der Waals surface area contributed by atoms with E-state index in [0.717, 1.165) is 12.0 Å². The lowest BCUT2D eigenvalue weighted by Gasteiger charge is -2.08. The summed E-state index contributed by atoms with van der Waals surface area (Å²) in [7, 11) is 0. The van der Waals surface area contributed by atoms with Gasteiger partial charge in [-0.3, -0.25) is 4.79 Å². The van der Waals surface area contributed by atoms with E-state index < -0.39 is 6.10 Å². The van der Waals surface area contributed by atoms with E-state index in [1.165, 1.54) is 6.08 Å². The first-order valence-corrected chi connectivity index (χ1v) is 6.39. The molecule has 2 N–H and O–H groups in total. The Morgan fingerprint density at radius 2 is 2.11 bits per heavy atom. The SMILES string of the molecule is CCCC(O)CNC(=O)/C=C/c1ccc(Cl)cc1. The third kappa shape index (κ3) is 5.84. The lowest BCUT2D eigenvalue weighted by atomic mass is 10.2. The third-order valence-electron chi connectivity index (χ3n) is 2.43. The van der Waals surface area contributed by atoms with Crippen LogP contribution < -0.4 is 5.32 Å². The molecule has 1 rings (SSSR count). The summed E-state index contributed by atoms with van der Waals surface area (Å²) in [5.41, 5.74) is 0.906. The van der Waals surface area contributed by atoms with E-state index in [0.29, 0.717) is 11.4 Å². The van der Waals surface area contributed by atoms with Gasteiger partial charge < -0.3 is 10.4 Å². The molecule has 0 aliphatic rings. The summed E-state index contributed by atoms with van der Waals surface area (Å²) in [6.45, 7) is 2.28. The Morgan fingerprint density at radius 1 is 1.44 bits per heavy atom. The highest BCUT2D eigenvalue weighted by molar-refractivity contribution is 6.30. The Kier molecular flexibility index (Phi) is 6.47. The van der Waals surface area contributed by atoms with Crippen LogP contribution in [0.15, 0.2) is 30.3 Å². The van der Waals surface area contributed by atoms with Crippen LogP contribution in [0, 0.1) is 0 Å². The maximum atomic E-state index is 11.5. The minimum Gasteiger partial charge on any atom is -0.391 e. The van der Waals surface area contributed by atoms with Gasteiger partial charge in [0.15, 0.2) is 0 Å². The number of nitrogens with one attached hydrogen (secondary N) is 1. The quantitative estimate of drug-likeness (QED) is 0.779. The van der Waals surface area contributed by atoms with Crippen molar-refractivity contribution >= 4 is 23.6 Å². The zero-order chi connectivity index (χ0) is 13.4. The summed E-state index contributed by atoms with van der Waals surface area (Å²) in [5.74, 6) is -0.208. The van der Waals surface area contributed by atoms with Gasteiger partial charge in [0.05, 0.1) is 6.10 Å². The fraction of sp³-hybridized carbons (Fsp3) is 0.357. The molecule has 0 heterocycles. The van der Waals surface area contributed by atoms with Crippen LogP contribution in [0.25, 0.3) is 6.08 Å². The molecule has 0 radical (unpaired) electrons. The van der Waals surface area contributed by atoms with Crippen LogP contribution in [-0.2, 0) is 4.79 Å². The summed E-state index contributed by atoms with van der Waals surface area (Å²) < 4.78 is 0. The molecule has 0 aliphatic carbocycles. The molecule has 4 heteroatoms. The van der Waals surface area contributed by atoms with Crippen LogP contribution >= 0.6 is 11.6 Å². The summed E-state index contributed by atoms with van der Waals surface area (Å²) in [4.78, 5) is 11.5. The van der Waals surface area contributed by atoms with Crippen molar-refractivity contribution in [3.63, 3.8) is 0 Å². The molecular weight excluding hydrogens is 250 g/mol. The molecule has 0 aliphatic heterocycles. The lowest BCUT2D eigenvalue weighted by Crippen LogP contribution is -2.30. The first kappa shape index (κ1) is 14.7. The van der Waals surface area contributed by atoms with Gasteiger partial charge in [0, 0.05) is 17.6 Å². The van der Waals surface area contributed by atoms with Crippen LogP contribution in [-0.4, -0.2) is 23.7 Å². The number of benzene rings is 1. The molecule has 0 saturated heterocycles. The van der Waals surface area contributed by atoms with Crippen molar-refractivity contribution in [3.05, 3.63) is 40.9 Å². The number of halogens is 1. The molecule has 0 saturated carbocycles. The molecule has 1 amide bonds. The fourth-order valence-corrected chi connectivity index (χ4v) is 1.58. The predicted octanol–water partition coefficient (Wildman–Crippen LogP) is 2.63. The Morgan fingerprint density at radius 3 is 2.72 bits per heavy atom. The summed E-state index contributed by atoms with van der Waals surface area (Å²) >= 11 is 5.76. The maximum Gasteiger partial charge on any atom is 0.244 e. The molecule has 1 aromatic rings. The van der Waals surface area contributed by atoms with E-state index in [4.69, 9.17) is 11.6 Å². The van der Waals surface area contributed by atoms with Gasteiger partial charge in [-0.25, -0.2) is 0 Å². The van der Waals surface area contributed by atoms with Gasteiger partial charge >= 0.3 is 0 Å². The van der Waals surface area contributed by atoms with Crippen molar-refractivity contribution in [1.29, 1.82) is 0 Å². The van der Waals surface area contributed by atoms with E-state index in [2.05, 4.69) is 5.32 Å². The van der Waals surface area contributed by atoms with Crippen molar-refractivity contribution in [3.8, 4) is 0 Å². The van der Waals surface area contributed by atoms with E-state index in [9.17, 15) is 9.90 Å². The third-order valence-corrected chi connectivity index (χ3v) is 2.68. The molecule has 0 fully saturated rings. The zero-order valence-corrected chi connectivity index (χ0v) is 11.2. The normalized spacial score (nSPS) is 12.6. The van der Waals surface area contributed by atoms with Crippen LogP contribution in [0.1, 0.15) is 25.3 Å². The largest absolute Gasteiger partial charge is 0.391 e. The standard InChI is InChI=1S/C14H18ClNO2/c1-2-3-13(17)10-16-14(18)9-6-11-4-7-12(15)8-5-11/h4-9,13,17H,2-3,10H2,1H3,(H,16,18)/b9-6+. The van der Waals surface area contributed by atoms with Crippen molar-refractivity contribution in [1.82, 2.24) is 5.32 Å². The summed E-state index contributed by atoms with van der Waals surface area (Å²) in [6, 6.07) is 7.20. The Labute approximate surface area is 112 Å². The Balaban J connectivity index is 2.37. The van der Waals surface area contributed by atoms with Crippen molar-refractivity contribution in [2.45, 2.75) is 25.9 Å². The number of aliphatic hydroxyl groups excluding tert-OH is 1.